The van der Waals surface area contributed by atoms with Crippen molar-refractivity contribution in [3.8, 4) is 34.5 Å². The summed E-state index contributed by atoms with van der Waals surface area (Å²) in [5.41, 5.74) is 3.12. The van der Waals surface area contributed by atoms with Crippen LogP contribution in [0.5, 0.6) is 34.5 Å². The minimum atomic E-state index is -0.270. The molecule has 0 spiro atoms. The molecule has 0 aliphatic carbocycles. The topological polar surface area (TPSA) is 101 Å². The van der Waals surface area contributed by atoms with Crippen molar-refractivity contribution in [2.45, 2.75) is 26.1 Å². The van der Waals surface area contributed by atoms with Crippen LogP contribution in [0.1, 0.15) is 33.0 Å². The maximum absolute atomic E-state index is 12.9. The summed E-state index contributed by atoms with van der Waals surface area (Å²) < 4.78 is 38.6. The molecule has 0 fully saturated rings. The van der Waals surface area contributed by atoms with E-state index < -0.39 is 0 Å². The van der Waals surface area contributed by atoms with Crippen molar-refractivity contribution in [2.75, 3.05) is 41.8 Å². The van der Waals surface area contributed by atoms with Gasteiger partial charge in [-0.25, -0.2) is 0 Å². The maximum atomic E-state index is 12.9. The van der Waals surface area contributed by atoms with Crippen LogP contribution in [0.2, 0.25) is 0 Å². The molecule has 43 heavy (non-hydrogen) atoms. The van der Waals surface area contributed by atoms with Crippen LogP contribution >= 0.6 is 0 Å². The van der Waals surface area contributed by atoms with Gasteiger partial charge in [-0.2, -0.15) is 0 Å². The summed E-state index contributed by atoms with van der Waals surface area (Å²) in [5.74, 6) is 4.78. The lowest BCUT2D eigenvalue weighted by Crippen LogP contribution is -2.25. The minimum absolute atomic E-state index is 0.222. The molecule has 2 heterocycles. The Morgan fingerprint density at radius 1 is 0.698 bits per heavy atom. The van der Waals surface area contributed by atoms with Crippen LogP contribution in [-0.2, 0) is 26.1 Å². The van der Waals surface area contributed by atoms with Crippen molar-refractivity contribution in [1.29, 1.82) is 0 Å². The molecule has 1 amide bonds. The van der Waals surface area contributed by atoms with Gasteiger partial charge in [0, 0.05) is 19.6 Å². The highest BCUT2D eigenvalue weighted by atomic mass is 16.7. The van der Waals surface area contributed by atoms with Gasteiger partial charge >= 0.3 is 0 Å². The predicted octanol–water partition coefficient (Wildman–Crippen LogP) is 5.22. The van der Waals surface area contributed by atoms with Crippen LogP contribution in [-0.4, -0.2) is 52.6 Å². The Hall–Kier alpha value is -4.83. The summed E-state index contributed by atoms with van der Waals surface area (Å²) in [6.45, 7) is 2.35. The summed E-state index contributed by atoms with van der Waals surface area (Å²) in [6, 6.07) is 21.0. The van der Waals surface area contributed by atoms with Crippen LogP contribution < -0.4 is 33.7 Å². The highest BCUT2D eigenvalue weighted by Gasteiger charge is 2.18. The van der Waals surface area contributed by atoms with E-state index >= 15 is 0 Å². The second kappa shape index (κ2) is 13.9. The van der Waals surface area contributed by atoms with Crippen LogP contribution in [0.3, 0.4) is 0 Å². The quantitative estimate of drug-likeness (QED) is 0.213. The van der Waals surface area contributed by atoms with Gasteiger partial charge in [0.05, 0.1) is 35.0 Å². The first kappa shape index (κ1) is 29.7. The fourth-order valence-electron chi connectivity index (χ4n) is 4.95. The molecule has 226 valence electrons. The van der Waals surface area contributed by atoms with Crippen molar-refractivity contribution < 1.29 is 37.6 Å². The lowest BCUT2D eigenvalue weighted by atomic mass is 10.1. The molecule has 1 aliphatic rings. The Morgan fingerprint density at radius 3 is 2.00 bits per heavy atom. The van der Waals surface area contributed by atoms with Crippen LogP contribution in [0.25, 0.3) is 0 Å². The maximum Gasteiger partial charge on any atom is 0.287 e. The lowest BCUT2D eigenvalue weighted by Gasteiger charge is -2.22. The lowest BCUT2D eigenvalue weighted by molar-refractivity contribution is 0.0922. The first-order chi connectivity index (χ1) is 21.0. The molecule has 0 atom stereocenters. The fourth-order valence-corrected chi connectivity index (χ4v) is 4.95. The van der Waals surface area contributed by atoms with Gasteiger partial charge in [-0.15, -0.1) is 0 Å². The highest BCUT2D eigenvalue weighted by Crippen LogP contribution is 2.34. The van der Waals surface area contributed by atoms with Crippen molar-refractivity contribution in [3.63, 3.8) is 0 Å². The van der Waals surface area contributed by atoms with Crippen LogP contribution in [0.15, 0.2) is 71.1 Å². The molecule has 5 rings (SSSR count). The zero-order valence-electron chi connectivity index (χ0n) is 24.8. The van der Waals surface area contributed by atoms with E-state index in [-0.39, 0.29) is 18.5 Å². The SMILES string of the molecule is COc1ccc(CCNC(=O)c2ccc(CN(Cc3ccc(OC)c(OC)c3)Cc3ccc4c(c3)OCO4)o2)cc1OC. The molecule has 0 radical (unpaired) electrons. The smallest absolute Gasteiger partial charge is 0.287 e. The Balaban J connectivity index is 1.25. The molecule has 0 saturated carbocycles. The molecular formula is C33H36N2O8. The third-order valence-electron chi connectivity index (χ3n) is 7.11. The van der Waals surface area contributed by atoms with Gasteiger partial charge in [0.1, 0.15) is 5.76 Å². The molecule has 0 unspecified atom stereocenters. The number of hydrogen-bond donors (Lipinski definition) is 1. The molecule has 0 saturated heterocycles. The van der Waals surface area contributed by atoms with E-state index in [2.05, 4.69) is 10.2 Å². The van der Waals surface area contributed by atoms with Crippen LogP contribution in [0, 0.1) is 0 Å². The van der Waals surface area contributed by atoms with E-state index in [0.29, 0.717) is 61.4 Å². The van der Waals surface area contributed by atoms with Crippen molar-refractivity contribution in [1.82, 2.24) is 10.2 Å². The largest absolute Gasteiger partial charge is 0.493 e. The van der Waals surface area contributed by atoms with Gasteiger partial charge < -0.3 is 38.2 Å². The zero-order chi connectivity index (χ0) is 30.2. The average Bonchev–Trinajstić information content (AvgIpc) is 3.70. The summed E-state index contributed by atoms with van der Waals surface area (Å²) >= 11 is 0. The van der Waals surface area contributed by atoms with E-state index in [1.807, 2.05) is 60.7 Å². The Bertz CT molecular complexity index is 1550. The van der Waals surface area contributed by atoms with Gasteiger partial charge in [0.15, 0.2) is 40.3 Å². The van der Waals surface area contributed by atoms with Gasteiger partial charge in [0.25, 0.3) is 5.91 Å². The van der Waals surface area contributed by atoms with Crippen LogP contribution in [0.4, 0.5) is 0 Å². The third kappa shape index (κ3) is 7.34. The Morgan fingerprint density at radius 2 is 1.30 bits per heavy atom. The van der Waals surface area contributed by atoms with Crippen molar-refractivity contribution in [2.24, 2.45) is 0 Å². The monoisotopic (exact) mass is 588 g/mol. The zero-order valence-corrected chi connectivity index (χ0v) is 24.8. The van der Waals surface area contributed by atoms with E-state index in [0.717, 1.165) is 28.2 Å². The number of fused-ring (bicyclic) bond motifs is 1. The number of hydrogen-bond acceptors (Lipinski definition) is 9. The summed E-state index contributed by atoms with van der Waals surface area (Å²) in [7, 11) is 6.43. The number of carbonyl (C=O) groups is 1. The number of amides is 1. The molecule has 4 aromatic rings. The van der Waals surface area contributed by atoms with Gasteiger partial charge in [-0.1, -0.05) is 18.2 Å². The second-order valence-corrected chi connectivity index (χ2v) is 9.98. The fraction of sp³-hybridized carbons (Fsp3) is 0.303. The predicted molar refractivity (Wildman–Crippen MR) is 159 cm³/mol. The van der Waals surface area contributed by atoms with E-state index in [1.165, 1.54) is 0 Å². The summed E-state index contributed by atoms with van der Waals surface area (Å²) in [5, 5.41) is 2.94. The van der Waals surface area contributed by atoms with Crippen molar-refractivity contribution in [3.05, 3.63) is 94.9 Å². The normalized spacial score (nSPS) is 11.8. The molecule has 3 aromatic carbocycles. The molecule has 0 bridgehead atoms. The number of methoxy groups -OCH3 is 4. The molecule has 1 N–H and O–H groups in total. The van der Waals surface area contributed by atoms with Gasteiger partial charge in [-0.3, -0.25) is 9.69 Å². The Labute approximate surface area is 251 Å². The summed E-state index contributed by atoms with van der Waals surface area (Å²) in [4.78, 5) is 15.1. The average molecular weight is 589 g/mol. The number of rotatable bonds is 14. The summed E-state index contributed by atoms with van der Waals surface area (Å²) in [6.07, 6.45) is 0.633. The molecular weight excluding hydrogens is 552 g/mol. The standard InChI is InChI=1S/C33H36N2O8/c1-37-26-9-5-22(15-30(26)39-3)13-14-34-33(36)29-12-8-25(43-29)20-35(18-23-6-10-27(38-2)31(16-23)40-4)19-24-7-11-28-32(17-24)42-21-41-28/h5-12,15-17H,13-14,18-21H2,1-4H3,(H,34,36). The van der Waals surface area contributed by atoms with E-state index in [1.54, 1.807) is 34.5 Å². The molecule has 10 heteroatoms. The Kier molecular flexibility index (Phi) is 9.58. The number of ether oxygens (including phenoxy) is 6. The number of nitrogens with one attached hydrogen (secondary N) is 1. The molecule has 1 aliphatic heterocycles. The number of benzene rings is 3. The minimum Gasteiger partial charge on any atom is -0.493 e. The van der Waals surface area contributed by atoms with Gasteiger partial charge in [0.2, 0.25) is 6.79 Å². The molecule has 10 nitrogen and oxygen atoms in total. The van der Waals surface area contributed by atoms with Gasteiger partial charge in [-0.05, 0) is 71.6 Å². The number of furan rings is 1. The second-order valence-electron chi connectivity index (χ2n) is 9.98. The van der Waals surface area contributed by atoms with E-state index in [9.17, 15) is 4.79 Å². The number of nitrogens with zero attached hydrogens (tertiary/aromatic N) is 1. The molecule has 1 aromatic heterocycles. The van der Waals surface area contributed by atoms with E-state index in [4.69, 9.17) is 32.8 Å². The first-order valence-corrected chi connectivity index (χ1v) is 13.9. The third-order valence-corrected chi connectivity index (χ3v) is 7.11. The number of carbonyl (C=O) groups excluding carboxylic acids is 1. The van der Waals surface area contributed by atoms with Crippen molar-refractivity contribution >= 4 is 5.91 Å². The highest BCUT2D eigenvalue weighted by molar-refractivity contribution is 5.91. The first-order valence-electron chi connectivity index (χ1n) is 13.9.